The Kier molecular flexibility index (Phi) is 4.05. The van der Waals surface area contributed by atoms with Crippen LogP contribution < -0.4 is 4.74 Å². The number of ether oxygens (including phenoxy) is 2. The third-order valence-electron chi connectivity index (χ3n) is 4.22. The van der Waals surface area contributed by atoms with Crippen molar-refractivity contribution in [1.29, 1.82) is 0 Å². The molecule has 0 saturated carbocycles. The van der Waals surface area contributed by atoms with Crippen molar-refractivity contribution in [3.05, 3.63) is 94.8 Å². The first-order valence-corrected chi connectivity index (χ1v) is 8.33. The zero-order chi connectivity index (χ0) is 19.0. The SMILES string of the molecule is CC(=O)OC1=C2C(=O)C=CC(Oc3ccccc3)=C2C(=O)c2ccccc21. The van der Waals surface area contributed by atoms with Gasteiger partial charge in [0.1, 0.15) is 11.5 Å². The third-order valence-corrected chi connectivity index (χ3v) is 4.22. The minimum atomic E-state index is -0.575. The minimum Gasteiger partial charge on any atom is -0.457 e. The van der Waals surface area contributed by atoms with Crippen molar-refractivity contribution in [3.8, 4) is 5.75 Å². The number of benzene rings is 2. The Balaban J connectivity index is 1.96. The number of fused-ring (bicyclic) bond motifs is 2. The number of hydrogen-bond donors (Lipinski definition) is 0. The molecule has 5 heteroatoms. The summed E-state index contributed by atoms with van der Waals surface area (Å²) in [5, 5.41) is 0. The van der Waals surface area contributed by atoms with Gasteiger partial charge in [-0.1, -0.05) is 42.5 Å². The number of allylic oxidation sites excluding steroid dienone is 4. The summed E-state index contributed by atoms with van der Waals surface area (Å²) < 4.78 is 11.2. The van der Waals surface area contributed by atoms with E-state index in [4.69, 9.17) is 9.47 Å². The Morgan fingerprint density at radius 3 is 2.19 bits per heavy atom. The van der Waals surface area contributed by atoms with E-state index >= 15 is 0 Å². The van der Waals surface area contributed by atoms with E-state index in [1.807, 2.05) is 6.07 Å². The molecule has 0 spiro atoms. The van der Waals surface area contributed by atoms with Crippen molar-refractivity contribution < 1.29 is 23.9 Å². The van der Waals surface area contributed by atoms with Gasteiger partial charge in [-0.15, -0.1) is 0 Å². The highest BCUT2D eigenvalue weighted by Gasteiger charge is 2.38. The van der Waals surface area contributed by atoms with Gasteiger partial charge in [-0.2, -0.15) is 0 Å². The van der Waals surface area contributed by atoms with Crippen molar-refractivity contribution in [2.24, 2.45) is 0 Å². The van der Waals surface area contributed by atoms with Gasteiger partial charge in [0.15, 0.2) is 17.3 Å². The fourth-order valence-corrected chi connectivity index (χ4v) is 3.11. The van der Waals surface area contributed by atoms with Gasteiger partial charge >= 0.3 is 5.97 Å². The molecule has 0 fully saturated rings. The largest absolute Gasteiger partial charge is 0.457 e. The van der Waals surface area contributed by atoms with E-state index in [0.29, 0.717) is 16.9 Å². The maximum absolute atomic E-state index is 13.1. The Bertz CT molecular complexity index is 1070. The summed E-state index contributed by atoms with van der Waals surface area (Å²) >= 11 is 0. The molecular weight excluding hydrogens is 344 g/mol. The first-order valence-electron chi connectivity index (χ1n) is 8.33. The van der Waals surface area contributed by atoms with Gasteiger partial charge in [0.05, 0.1) is 11.1 Å². The normalized spacial score (nSPS) is 15.4. The summed E-state index contributed by atoms with van der Waals surface area (Å²) in [4.78, 5) is 37.4. The highest BCUT2D eigenvalue weighted by molar-refractivity contribution is 6.29. The molecule has 0 aromatic heterocycles. The van der Waals surface area contributed by atoms with E-state index in [2.05, 4.69) is 0 Å². The van der Waals surface area contributed by atoms with E-state index in [9.17, 15) is 14.4 Å². The van der Waals surface area contributed by atoms with E-state index in [-0.39, 0.29) is 28.4 Å². The zero-order valence-corrected chi connectivity index (χ0v) is 14.4. The predicted octanol–water partition coefficient (Wildman–Crippen LogP) is 3.63. The fourth-order valence-electron chi connectivity index (χ4n) is 3.11. The van der Waals surface area contributed by atoms with Crippen LogP contribution in [-0.4, -0.2) is 17.5 Å². The molecule has 0 unspecified atom stereocenters. The molecule has 27 heavy (non-hydrogen) atoms. The summed E-state index contributed by atoms with van der Waals surface area (Å²) in [6.07, 6.45) is 2.77. The summed E-state index contributed by atoms with van der Waals surface area (Å²) in [5.74, 6) is -0.492. The van der Waals surface area contributed by atoms with Crippen LogP contribution in [0.1, 0.15) is 22.8 Å². The van der Waals surface area contributed by atoms with Crippen LogP contribution in [0, 0.1) is 0 Å². The Labute approximate surface area is 155 Å². The summed E-state index contributed by atoms with van der Waals surface area (Å²) in [6.45, 7) is 1.25. The van der Waals surface area contributed by atoms with Gasteiger partial charge in [-0.25, -0.2) is 0 Å². The minimum absolute atomic E-state index is 0.0438. The molecule has 132 valence electrons. The lowest BCUT2D eigenvalue weighted by Crippen LogP contribution is -2.26. The smallest absolute Gasteiger partial charge is 0.308 e. The maximum Gasteiger partial charge on any atom is 0.308 e. The zero-order valence-electron chi connectivity index (χ0n) is 14.4. The number of para-hydroxylation sites is 1. The van der Waals surface area contributed by atoms with Crippen LogP contribution in [0.4, 0.5) is 0 Å². The standard InChI is InChI=1S/C22H14O5/c1-13(23)26-22-16-10-6-5-9-15(16)21(25)20-18(12-11-17(24)19(20)22)27-14-7-3-2-4-8-14/h2-12H,1H3. The predicted molar refractivity (Wildman–Crippen MR) is 97.7 cm³/mol. The van der Waals surface area contributed by atoms with Crippen molar-refractivity contribution >= 4 is 23.3 Å². The monoisotopic (exact) mass is 358 g/mol. The van der Waals surface area contributed by atoms with E-state index in [0.717, 1.165) is 0 Å². The van der Waals surface area contributed by atoms with Gasteiger partial charge in [0.25, 0.3) is 0 Å². The van der Waals surface area contributed by atoms with Crippen molar-refractivity contribution in [2.45, 2.75) is 6.92 Å². The highest BCUT2D eigenvalue weighted by Crippen LogP contribution is 2.39. The molecular formula is C22H14O5. The van der Waals surface area contributed by atoms with Gasteiger partial charge < -0.3 is 9.47 Å². The topological polar surface area (TPSA) is 69.7 Å². The van der Waals surface area contributed by atoms with Crippen LogP contribution >= 0.6 is 0 Å². The van der Waals surface area contributed by atoms with Crippen LogP contribution in [0.15, 0.2) is 83.7 Å². The second-order valence-electron chi connectivity index (χ2n) is 6.02. The van der Waals surface area contributed by atoms with Crippen molar-refractivity contribution in [1.82, 2.24) is 0 Å². The third kappa shape index (κ3) is 2.89. The summed E-state index contributed by atoms with van der Waals surface area (Å²) in [7, 11) is 0. The number of Topliss-reactive ketones (excluding diaryl/α,β-unsaturated/α-hetero) is 1. The molecule has 2 aromatic rings. The van der Waals surface area contributed by atoms with Crippen molar-refractivity contribution in [3.63, 3.8) is 0 Å². The van der Waals surface area contributed by atoms with Gasteiger partial charge in [-0.05, 0) is 24.3 Å². The molecule has 0 bridgehead atoms. The second-order valence-corrected chi connectivity index (χ2v) is 6.02. The number of carbonyl (C=O) groups excluding carboxylic acids is 3. The molecule has 0 radical (unpaired) electrons. The number of carbonyl (C=O) groups is 3. The van der Waals surface area contributed by atoms with E-state index < -0.39 is 11.8 Å². The molecule has 0 aliphatic heterocycles. The lowest BCUT2D eigenvalue weighted by Gasteiger charge is -2.25. The van der Waals surface area contributed by atoms with E-state index in [1.165, 1.54) is 19.1 Å². The molecule has 4 rings (SSSR count). The van der Waals surface area contributed by atoms with Gasteiger partial charge in [0, 0.05) is 18.1 Å². The van der Waals surface area contributed by atoms with Gasteiger partial charge in [0.2, 0.25) is 0 Å². The average Bonchev–Trinajstić information content (AvgIpc) is 2.67. The molecule has 0 atom stereocenters. The van der Waals surface area contributed by atoms with Gasteiger partial charge in [-0.3, -0.25) is 14.4 Å². The second kappa shape index (κ2) is 6.53. The quantitative estimate of drug-likeness (QED) is 0.784. The van der Waals surface area contributed by atoms with Crippen molar-refractivity contribution in [2.75, 3.05) is 0 Å². The maximum atomic E-state index is 13.1. The Hall–Kier alpha value is -3.73. The van der Waals surface area contributed by atoms with Crippen LogP contribution in [0.25, 0.3) is 5.76 Å². The van der Waals surface area contributed by atoms with Crippen LogP contribution in [0.2, 0.25) is 0 Å². The lowest BCUT2D eigenvalue weighted by molar-refractivity contribution is -0.134. The molecule has 0 amide bonds. The van der Waals surface area contributed by atoms with Crippen LogP contribution in [0.3, 0.4) is 0 Å². The first-order chi connectivity index (χ1) is 13.1. The summed E-state index contributed by atoms with van der Waals surface area (Å²) in [5.41, 5.74) is 0.910. The van der Waals surface area contributed by atoms with E-state index in [1.54, 1.807) is 48.5 Å². The number of esters is 1. The van der Waals surface area contributed by atoms with Crippen LogP contribution in [-0.2, 0) is 14.3 Å². The number of rotatable bonds is 3. The molecule has 2 aliphatic rings. The molecule has 0 heterocycles. The molecule has 2 aliphatic carbocycles. The average molecular weight is 358 g/mol. The molecule has 0 N–H and O–H groups in total. The molecule has 0 saturated heterocycles. The number of hydrogen-bond acceptors (Lipinski definition) is 5. The summed E-state index contributed by atoms with van der Waals surface area (Å²) in [6, 6.07) is 15.7. The van der Waals surface area contributed by atoms with Crippen LogP contribution in [0.5, 0.6) is 5.75 Å². The number of ketones is 2. The lowest BCUT2D eigenvalue weighted by atomic mass is 9.81. The molecule has 2 aromatic carbocycles. The Morgan fingerprint density at radius 2 is 1.48 bits per heavy atom. The molecule has 5 nitrogen and oxygen atoms in total. The fraction of sp³-hybridized carbons (Fsp3) is 0.0455. The first kappa shape index (κ1) is 16.7. The Morgan fingerprint density at radius 1 is 0.815 bits per heavy atom. The highest BCUT2D eigenvalue weighted by atomic mass is 16.5.